The van der Waals surface area contributed by atoms with Gasteiger partial charge in [-0.2, -0.15) is 0 Å². The zero-order valence-corrected chi connectivity index (χ0v) is 15.7. The standard InChI is InChI=1S/C15H23N3O5S.ClH/c1-23-12-6-7-14(13(10-12)18(19)20)24(21,22)17-11-15(16)8-4-2-3-5-9-15;/h6-7,10,17H,2-5,8-9,11,16H2,1H3;1H. The van der Waals surface area contributed by atoms with Crippen molar-refractivity contribution in [2.45, 2.75) is 49.0 Å². The van der Waals surface area contributed by atoms with Gasteiger partial charge < -0.3 is 10.5 Å². The molecule has 1 fully saturated rings. The summed E-state index contributed by atoms with van der Waals surface area (Å²) in [4.78, 5) is 10.1. The highest BCUT2D eigenvalue weighted by molar-refractivity contribution is 7.89. The van der Waals surface area contributed by atoms with E-state index in [1.807, 2.05) is 0 Å². The number of hydrogen-bond acceptors (Lipinski definition) is 6. The maximum absolute atomic E-state index is 12.5. The molecule has 1 aliphatic carbocycles. The molecule has 1 aromatic carbocycles. The van der Waals surface area contributed by atoms with Crippen molar-refractivity contribution in [1.29, 1.82) is 0 Å². The molecule has 2 rings (SSSR count). The normalized spacial score (nSPS) is 17.2. The Bertz CT molecular complexity index is 703. The van der Waals surface area contributed by atoms with Crippen LogP contribution in [0.3, 0.4) is 0 Å². The number of nitrogens with one attached hydrogen (secondary N) is 1. The van der Waals surface area contributed by atoms with Crippen molar-refractivity contribution in [3.63, 3.8) is 0 Å². The zero-order chi connectivity index (χ0) is 17.8. The maximum atomic E-state index is 12.5. The monoisotopic (exact) mass is 393 g/mol. The van der Waals surface area contributed by atoms with Crippen LogP contribution in [0.15, 0.2) is 23.1 Å². The summed E-state index contributed by atoms with van der Waals surface area (Å²) in [5, 5.41) is 11.2. The molecule has 8 nitrogen and oxygen atoms in total. The van der Waals surface area contributed by atoms with Gasteiger partial charge in [0.25, 0.3) is 5.69 Å². The van der Waals surface area contributed by atoms with E-state index >= 15 is 0 Å². The largest absolute Gasteiger partial charge is 0.497 e. The quantitative estimate of drug-likeness (QED) is 0.434. The molecule has 0 radical (unpaired) electrons. The zero-order valence-electron chi connectivity index (χ0n) is 14.1. The van der Waals surface area contributed by atoms with Gasteiger partial charge in [-0.05, 0) is 25.0 Å². The van der Waals surface area contributed by atoms with Crippen molar-refractivity contribution in [2.75, 3.05) is 13.7 Å². The fourth-order valence-electron chi connectivity index (χ4n) is 2.92. The van der Waals surface area contributed by atoms with Gasteiger partial charge in [0, 0.05) is 12.1 Å². The van der Waals surface area contributed by atoms with Crippen LogP contribution in [0.5, 0.6) is 5.75 Å². The van der Waals surface area contributed by atoms with Crippen molar-refractivity contribution in [3.05, 3.63) is 28.3 Å². The number of benzene rings is 1. The molecule has 142 valence electrons. The fourth-order valence-corrected chi connectivity index (χ4v) is 4.21. The van der Waals surface area contributed by atoms with E-state index in [1.165, 1.54) is 19.2 Å². The van der Waals surface area contributed by atoms with Gasteiger partial charge in [-0.1, -0.05) is 25.7 Å². The van der Waals surface area contributed by atoms with Crippen molar-refractivity contribution in [1.82, 2.24) is 4.72 Å². The van der Waals surface area contributed by atoms with E-state index in [2.05, 4.69) is 4.72 Å². The van der Waals surface area contributed by atoms with Crippen molar-refractivity contribution < 1.29 is 18.1 Å². The summed E-state index contributed by atoms with van der Waals surface area (Å²) in [6.07, 6.45) is 5.58. The highest BCUT2D eigenvalue weighted by Gasteiger charge is 2.31. The van der Waals surface area contributed by atoms with Gasteiger partial charge >= 0.3 is 0 Å². The third kappa shape index (κ3) is 5.53. The number of nitro benzene ring substituents is 1. The number of methoxy groups -OCH3 is 1. The first-order valence-electron chi connectivity index (χ1n) is 7.88. The number of ether oxygens (including phenoxy) is 1. The van der Waals surface area contributed by atoms with Crippen LogP contribution in [0.1, 0.15) is 38.5 Å². The van der Waals surface area contributed by atoms with Crippen LogP contribution in [0.25, 0.3) is 0 Å². The molecule has 1 aromatic rings. The lowest BCUT2D eigenvalue weighted by Crippen LogP contribution is -2.49. The minimum absolute atomic E-state index is 0. The molecule has 25 heavy (non-hydrogen) atoms. The first-order valence-corrected chi connectivity index (χ1v) is 9.37. The molecule has 3 N–H and O–H groups in total. The van der Waals surface area contributed by atoms with E-state index in [4.69, 9.17) is 10.5 Å². The van der Waals surface area contributed by atoms with E-state index < -0.39 is 26.2 Å². The minimum Gasteiger partial charge on any atom is -0.497 e. The molecule has 0 aromatic heterocycles. The van der Waals surface area contributed by atoms with Gasteiger partial charge in [0.15, 0.2) is 4.90 Å². The molecule has 0 atom stereocenters. The molecule has 0 saturated heterocycles. The molecule has 0 unspecified atom stereocenters. The van der Waals surface area contributed by atoms with E-state index in [9.17, 15) is 18.5 Å². The minimum atomic E-state index is -4.04. The molecule has 0 amide bonds. The predicted molar refractivity (Wildman–Crippen MR) is 96.7 cm³/mol. The average Bonchev–Trinajstić information content (AvgIpc) is 2.77. The Hall–Kier alpha value is -1.42. The lowest BCUT2D eigenvalue weighted by molar-refractivity contribution is -0.387. The number of halogens is 1. The lowest BCUT2D eigenvalue weighted by Gasteiger charge is -2.28. The van der Waals surface area contributed by atoms with Crippen LogP contribution in [0.4, 0.5) is 5.69 Å². The van der Waals surface area contributed by atoms with Crippen LogP contribution in [-0.4, -0.2) is 32.5 Å². The molecule has 1 saturated carbocycles. The number of nitro groups is 1. The summed E-state index contributed by atoms with van der Waals surface area (Å²) in [7, 11) is -2.68. The highest BCUT2D eigenvalue weighted by atomic mass is 35.5. The molecule has 1 aliphatic rings. The van der Waals surface area contributed by atoms with Gasteiger partial charge in [-0.25, -0.2) is 13.1 Å². The highest BCUT2D eigenvalue weighted by Crippen LogP contribution is 2.29. The number of sulfonamides is 1. The third-order valence-electron chi connectivity index (χ3n) is 4.37. The summed E-state index contributed by atoms with van der Waals surface area (Å²) in [5.74, 6) is 0.222. The molecular weight excluding hydrogens is 370 g/mol. The Kier molecular flexibility index (Phi) is 7.61. The first kappa shape index (κ1) is 21.6. The van der Waals surface area contributed by atoms with Gasteiger partial charge in [0.2, 0.25) is 10.0 Å². The Morgan fingerprint density at radius 2 is 1.88 bits per heavy atom. The molecular formula is C15H24ClN3O5S. The number of rotatable bonds is 6. The molecule has 0 aliphatic heterocycles. The number of nitrogens with zero attached hydrogens (tertiary/aromatic N) is 1. The van der Waals surface area contributed by atoms with Gasteiger partial charge in [-0.3, -0.25) is 10.1 Å². The smallest absolute Gasteiger partial charge is 0.293 e. The third-order valence-corrected chi connectivity index (χ3v) is 5.81. The van der Waals surface area contributed by atoms with E-state index in [1.54, 1.807) is 0 Å². The second kappa shape index (κ2) is 8.79. The van der Waals surface area contributed by atoms with E-state index in [-0.39, 0.29) is 29.6 Å². The van der Waals surface area contributed by atoms with Crippen molar-refractivity contribution in [2.24, 2.45) is 5.73 Å². The summed E-state index contributed by atoms with van der Waals surface area (Å²) < 4.78 is 32.4. The SMILES string of the molecule is COc1ccc(S(=O)(=O)NCC2(N)CCCCCC2)c([N+](=O)[O-])c1.Cl. The van der Waals surface area contributed by atoms with Crippen molar-refractivity contribution in [3.8, 4) is 5.75 Å². The fraction of sp³-hybridized carbons (Fsp3) is 0.600. The second-order valence-corrected chi connectivity index (χ2v) is 7.93. The van der Waals surface area contributed by atoms with Crippen LogP contribution >= 0.6 is 12.4 Å². The average molecular weight is 394 g/mol. The Labute approximate surface area is 153 Å². The Balaban J connectivity index is 0.00000312. The molecule has 0 bridgehead atoms. The summed E-state index contributed by atoms with van der Waals surface area (Å²) in [6, 6.07) is 3.65. The van der Waals surface area contributed by atoms with Gasteiger partial charge in [-0.15, -0.1) is 12.4 Å². The second-order valence-electron chi connectivity index (χ2n) is 6.19. The predicted octanol–water partition coefficient (Wildman–Crippen LogP) is 2.36. The van der Waals surface area contributed by atoms with Crippen molar-refractivity contribution >= 4 is 28.1 Å². The van der Waals surface area contributed by atoms with Gasteiger partial charge in [0.1, 0.15) is 5.75 Å². The summed E-state index contributed by atoms with van der Waals surface area (Å²) >= 11 is 0. The summed E-state index contributed by atoms with van der Waals surface area (Å²) in [5.41, 5.74) is 5.18. The molecule has 0 heterocycles. The first-order chi connectivity index (χ1) is 11.3. The van der Waals surface area contributed by atoms with Gasteiger partial charge in [0.05, 0.1) is 18.1 Å². The molecule has 0 spiro atoms. The van der Waals surface area contributed by atoms with Crippen LogP contribution in [0, 0.1) is 10.1 Å². The van der Waals surface area contributed by atoms with E-state index in [0.717, 1.165) is 44.6 Å². The number of nitrogens with two attached hydrogens (primary N) is 1. The lowest BCUT2D eigenvalue weighted by atomic mass is 9.92. The summed E-state index contributed by atoms with van der Waals surface area (Å²) in [6.45, 7) is 0.0680. The maximum Gasteiger partial charge on any atom is 0.293 e. The van der Waals surface area contributed by atoms with E-state index in [0.29, 0.717) is 0 Å². The Morgan fingerprint density at radius 3 is 2.40 bits per heavy atom. The number of hydrogen-bond donors (Lipinski definition) is 2. The van der Waals surface area contributed by atoms with Crippen LogP contribution in [-0.2, 0) is 10.0 Å². The van der Waals surface area contributed by atoms with Crippen LogP contribution in [0.2, 0.25) is 0 Å². The Morgan fingerprint density at radius 1 is 1.28 bits per heavy atom. The topological polar surface area (TPSA) is 125 Å². The van der Waals surface area contributed by atoms with Crippen LogP contribution < -0.4 is 15.2 Å². The molecule has 10 heteroatoms.